The van der Waals surface area contributed by atoms with Gasteiger partial charge in [0, 0.05) is 39.4 Å². The van der Waals surface area contributed by atoms with E-state index in [0.717, 1.165) is 12.0 Å². The smallest absolute Gasteiger partial charge is 0.251 e. The first-order valence-electron chi connectivity index (χ1n) is 7.32. The summed E-state index contributed by atoms with van der Waals surface area (Å²) in [5, 5.41) is 5.44. The fourth-order valence-electron chi connectivity index (χ4n) is 2.02. The van der Waals surface area contributed by atoms with Crippen LogP contribution >= 0.6 is 0 Å². The minimum atomic E-state index is -0.102. The van der Waals surface area contributed by atoms with Crippen molar-refractivity contribution < 1.29 is 14.3 Å². The van der Waals surface area contributed by atoms with Crippen LogP contribution in [0, 0.1) is 0 Å². The first kappa shape index (κ1) is 18.1. The van der Waals surface area contributed by atoms with Crippen LogP contribution in [0.15, 0.2) is 24.3 Å². The molecule has 0 atom stereocenters. The summed E-state index contributed by atoms with van der Waals surface area (Å²) in [5.41, 5.74) is 1.69. The molecule has 0 aliphatic rings. The minimum Gasteiger partial charge on any atom is -0.385 e. The van der Waals surface area contributed by atoms with Gasteiger partial charge in [-0.3, -0.25) is 14.5 Å². The van der Waals surface area contributed by atoms with Crippen molar-refractivity contribution in [1.29, 1.82) is 0 Å². The summed E-state index contributed by atoms with van der Waals surface area (Å²) in [4.78, 5) is 25.1. The summed E-state index contributed by atoms with van der Waals surface area (Å²) >= 11 is 0. The van der Waals surface area contributed by atoms with Crippen molar-refractivity contribution in [2.24, 2.45) is 0 Å². The Morgan fingerprint density at radius 2 is 1.91 bits per heavy atom. The first-order valence-corrected chi connectivity index (χ1v) is 7.32. The molecule has 0 heterocycles. The van der Waals surface area contributed by atoms with E-state index in [-0.39, 0.29) is 11.8 Å². The molecule has 0 radical (unpaired) electrons. The SMILES string of the molecule is CNC(=O)c1ccc(CN(C)CC(=O)NCCCOC)cc1. The highest BCUT2D eigenvalue weighted by molar-refractivity contribution is 5.93. The number of methoxy groups -OCH3 is 1. The van der Waals surface area contributed by atoms with Gasteiger partial charge in [0.15, 0.2) is 0 Å². The van der Waals surface area contributed by atoms with Gasteiger partial charge < -0.3 is 15.4 Å². The van der Waals surface area contributed by atoms with Crippen LogP contribution in [0.3, 0.4) is 0 Å². The van der Waals surface area contributed by atoms with E-state index in [2.05, 4.69) is 10.6 Å². The minimum absolute atomic E-state index is 0.000541. The topological polar surface area (TPSA) is 70.7 Å². The van der Waals surface area contributed by atoms with Gasteiger partial charge in [0.1, 0.15) is 0 Å². The largest absolute Gasteiger partial charge is 0.385 e. The maximum absolute atomic E-state index is 11.7. The molecule has 1 aromatic rings. The van der Waals surface area contributed by atoms with Crippen LogP contribution in [-0.4, -0.2) is 57.6 Å². The number of rotatable bonds is 9. The second-order valence-electron chi connectivity index (χ2n) is 5.14. The molecule has 0 saturated heterocycles. The molecule has 2 amide bonds. The Hall–Kier alpha value is -1.92. The number of amides is 2. The van der Waals surface area contributed by atoms with Crippen LogP contribution in [0.4, 0.5) is 0 Å². The second-order valence-corrected chi connectivity index (χ2v) is 5.14. The summed E-state index contributed by atoms with van der Waals surface area (Å²) < 4.78 is 4.93. The third kappa shape index (κ3) is 6.69. The lowest BCUT2D eigenvalue weighted by molar-refractivity contribution is -0.122. The van der Waals surface area contributed by atoms with Crippen LogP contribution < -0.4 is 10.6 Å². The highest BCUT2D eigenvalue weighted by atomic mass is 16.5. The number of carbonyl (C=O) groups is 2. The molecule has 0 fully saturated rings. The number of nitrogens with one attached hydrogen (secondary N) is 2. The Morgan fingerprint density at radius 3 is 2.50 bits per heavy atom. The number of benzene rings is 1. The van der Waals surface area contributed by atoms with Crippen molar-refractivity contribution in [2.75, 3.05) is 40.9 Å². The van der Waals surface area contributed by atoms with Gasteiger partial charge in [0.05, 0.1) is 6.54 Å². The first-order chi connectivity index (χ1) is 10.6. The molecular weight excluding hydrogens is 282 g/mol. The van der Waals surface area contributed by atoms with Crippen LogP contribution in [0.25, 0.3) is 0 Å². The number of likely N-dealkylation sites (N-methyl/N-ethyl adjacent to an activating group) is 1. The third-order valence-electron chi connectivity index (χ3n) is 3.16. The maximum atomic E-state index is 11.7. The lowest BCUT2D eigenvalue weighted by Gasteiger charge is -2.16. The van der Waals surface area contributed by atoms with Crippen molar-refractivity contribution in [3.63, 3.8) is 0 Å². The van der Waals surface area contributed by atoms with Crippen LogP contribution in [-0.2, 0) is 16.1 Å². The molecule has 0 bridgehead atoms. The Labute approximate surface area is 131 Å². The summed E-state index contributed by atoms with van der Waals surface area (Å²) in [6, 6.07) is 7.37. The molecule has 0 aliphatic heterocycles. The molecule has 1 aromatic carbocycles. The average molecular weight is 307 g/mol. The fraction of sp³-hybridized carbons (Fsp3) is 0.500. The van der Waals surface area contributed by atoms with E-state index in [1.165, 1.54) is 0 Å². The molecule has 0 aliphatic carbocycles. The van der Waals surface area contributed by atoms with Gasteiger partial charge >= 0.3 is 0 Å². The predicted octanol–water partition coefficient (Wildman–Crippen LogP) is 0.631. The molecule has 2 N–H and O–H groups in total. The second kappa shape index (κ2) is 9.92. The van der Waals surface area contributed by atoms with Gasteiger partial charge in [0.2, 0.25) is 5.91 Å². The number of carbonyl (C=O) groups excluding carboxylic acids is 2. The van der Waals surface area contributed by atoms with E-state index in [1.807, 2.05) is 24.1 Å². The van der Waals surface area contributed by atoms with Crippen molar-refractivity contribution in [1.82, 2.24) is 15.5 Å². The van der Waals surface area contributed by atoms with Gasteiger partial charge in [-0.2, -0.15) is 0 Å². The highest BCUT2D eigenvalue weighted by Gasteiger charge is 2.08. The molecule has 6 heteroatoms. The van der Waals surface area contributed by atoms with Crippen LogP contribution in [0.1, 0.15) is 22.3 Å². The van der Waals surface area contributed by atoms with Gasteiger partial charge in [-0.25, -0.2) is 0 Å². The van der Waals surface area contributed by atoms with E-state index in [9.17, 15) is 9.59 Å². The molecular formula is C16H25N3O3. The lowest BCUT2D eigenvalue weighted by Crippen LogP contribution is -2.35. The summed E-state index contributed by atoms with van der Waals surface area (Å²) in [6.07, 6.45) is 0.812. The van der Waals surface area contributed by atoms with Crippen molar-refractivity contribution in [2.45, 2.75) is 13.0 Å². The fourth-order valence-corrected chi connectivity index (χ4v) is 2.02. The van der Waals surface area contributed by atoms with E-state index in [4.69, 9.17) is 4.74 Å². The third-order valence-corrected chi connectivity index (χ3v) is 3.16. The molecule has 122 valence electrons. The summed E-state index contributed by atoms with van der Waals surface area (Å²) in [5.74, 6) is -0.101. The number of hydrogen-bond acceptors (Lipinski definition) is 4. The van der Waals surface area contributed by atoms with E-state index >= 15 is 0 Å². The van der Waals surface area contributed by atoms with E-state index in [1.54, 1.807) is 26.3 Å². The quantitative estimate of drug-likeness (QED) is 0.657. The van der Waals surface area contributed by atoms with Crippen LogP contribution in [0.5, 0.6) is 0 Å². The Kier molecular flexibility index (Phi) is 8.17. The Balaban J connectivity index is 2.36. The molecule has 0 aromatic heterocycles. The summed E-state index contributed by atoms with van der Waals surface area (Å²) in [6.45, 7) is 2.26. The van der Waals surface area contributed by atoms with Crippen molar-refractivity contribution in [3.8, 4) is 0 Å². The zero-order valence-corrected chi connectivity index (χ0v) is 13.5. The molecule has 1 rings (SSSR count). The van der Waals surface area contributed by atoms with Crippen molar-refractivity contribution in [3.05, 3.63) is 35.4 Å². The van der Waals surface area contributed by atoms with Gasteiger partial charge in [-0.15, -0.1) is 0 Å². The number of hydrogen-bond donors (Lipinski definition) is 2. The molecule has 6 nitrogen and oxygen atoms in total. The molecule has 0 unspecified atom stereocenters. The normalized spacial score (nSPS) is 10.5. The monoisotopic (exact) mass is 307 g/mol. The Morgan fingerprint density at radius 1 is 1.23 bits per heavy atom. The number of ether oxygens (including phenoxy) is 1. The predicted molar refractivity (Wildman–Crippen MR) is 85.7 cm³/mol. The van der Waals surface area contributed by atoms with E-state index in [0.29, 0.717) is 31.8 Å². The standard InChI is InChI=1S/C16H25N3O3/c1-17-16(21)14-7-5-13(6-8-14)11-19(2)12-15(20)18-9-4-10-22-3/h5-8H,4,9-12H2,1-3H3,(H,17,21)(H,18,20). The molecule has 0 saturated carbocycles. The molecule has 0 spiro atoms. The zero-order chi connectivity index (χ0) is 16.4. The molecule has 22 heavy (non-hydrogen) atoms. The zero-order valence-electron chi connectivity index (χ0n) is 13.5. The number of nitrogens with zero attached hydrogens (tertiary/aromatic N) is 1. The van der Waals surface area contributed by atoms with Gasteiger partial charge in [-0.05, 0) is 31.2 Å². The van der Waals surface area contributed by atoms with Gasteiger partial charge in [0.25, 0.3) is 5.91 Å². The van der Waals surface area contributed by atoms with E-state index < -0.39 is 0 Å². The van der Waals surface area contributed by atoms with Crippen molar-refractivity contribution >= 4 is 11.8 Å². The average Bonchev–Trinajstić information content (AvgIpc) is 2.51. The Bertz CT molecular complexity index is 474. The van der Waals surface area contributed by atoms with Gasteiger partial charge in [-0.1, -0.05) is 12.1 Å². The summed E-state index contributed by atoms with van der Waals surface area (Å²) in [7, 11) is 5.14. The maximum Gasteiger partial charge on any atom is 0.251 e. The lowest BCUT2D eigenvalue weighted by atomic mass is 10.1. The van der Waals surface area contributed by atoms with Crippen LogP contribution in [0.2, 0.25) is 0 Å². The highest BCUT2D eigenvalue weighted by Crippen LogP contribution is 2.06.